The van der Waals surface area contributed by atoms with Crippen LogP contribution in [0.15, 0.2) is 73.1 Å². The molecule has 2 aromatic heterocycles. The van der Waals surface area contributed by atoms with Gasteiger partial charge in [-0.3, -0.25) is 9.69 Å². The zero-order valence-electron chi connectivity index (χ0n) is 35.5. The highest BCUT2D eigenvalue weighted by atomic mass is 16.4. The predicted octanol–water partition coefficient (Wildman–Crippen LogP) is 10.2. The Labute approximate surface area is 331 Å². The number of methoxy groups -OCH3 is 1. The van der Waals surface area contributed by atoms with E-state index in [9.17, 15) is 9.59 Å². The van der Waals surface area contributed by atoms with E-state index >= 15 is 0 Å². The van der Waals surface area contributed by atoms with Gasteiger partial charge in [0.1, 0.15) is 17.9 Å². The maximum absolute atomic E-state index is 9.34. The number of hydrogen-bond acceptors (Lipinski definition) is 7. The third-order valence-electron chi connectivity index (χ3n) is 8.38. The number of ether oxygens (including phenoxy) is 1. The number of likely N-dealkylation sites (tertiary alicyclic amines) is 1. The number of aldehydes is 1. The Hall–Kier alpha value is -4.64. The second kappa shape index (κ2) is 28.8. The number of hydrogen-bond donors (Lipinski definition) is 4. The van der Waals surface area contributed by atoms with Gasteiger partial charge in [-0.25, -0.2) is 9.97 Å². The molecule has 2 fully saturated rings. The van der Waals surface area contributed by atoms with E-state index in [1.54, 1.807) is 14.2 Å². The summed E-state index contributed by atoms with van der Waals surface area (Å²) in [7, 11) is 5.43. The van der Waals surface area contributed by atoms with Crippen LogP contribution in [-0.2, 0) is 14.3 Å². The standard InChI is InChI=1S/C31H32N6.C3H5NO2.C3H8.C2H6O.3C2H6/c1-37-15-3-5-29(37)31-34-18-27(36-31)21-8-6-20(7-9-21)22-10-11-24-17-25(13-12-23(24)16-22)28-19-33-30(35-28)26-4-2-14-32-26;5-2-1-4-3-6;2*1-3-2;3*1-2/h6-13,16-19,26,29,32H,2-5,14-15H2,1H3,(H,33,35)(H,34,36);2-3H,1H2,(H,4,6);3H2,1-2H3;1-2H3;3*1-2H3. The maximum atomic E-state index is 9.34. The molecule has 0 spiro atoms. The average molecular weight is 756 g/mol. The SMILES string of the molecule is CC.CC.CC.CCC.CN1CCCC1c1ncc(-c2ccc(-c3ccc4cc(-c5cnc(C6CCCN6)[nH]5)ccc4c3)cc2)[nH]1.COC.O=CCNC=O. The summed E-state index contributed by atoms with van der Waals surface area (Å²) in [6.07, 6.45) is 11.0. The first kappa shape index (κ1) is 48.4. The molecule has 1 amide bonds. The number of carbonyl (C=O) groups is 2. The molecule has 2 unspecified atom stereocenters. The second-order valence-electron chi connectivity index (χ2n) is 12.3. The summed E-state index contributed by atoms with van der Waals surface area (Å²) < 4.78 is 4.25. The van der Waals surface area contributed by atoms with Crippen LogP contribution in [0, 0.1) is 0 Å². The van der Waals surface area contributed by atoms with Gasteiger partial charge < -0.3 is 30.1 Å². The fourth-order valence-corrected chi connectivity index (χ4v) is 6.02. The minimum atomic E-state index is 0.115. The third-order valence-corrected chi connectivity index (χ3v) is 8.38. The van der Waals surface area contributed by atoms with Crippen molar-refractivity contribution in [3.8, 4) is 33.6 Å². The Morgan fingerprint density at radius 2 is 1.25 bits per heavy atom. The monoisotopic (exact) mass is 756 g/mol. The number of aromatic amines is 2. The van der Waals surface area contributed by atoms with E-state index in [-0.39, 0.29) is 6.54 Å². The van der Waals surface area contributed by atoms with Crippen molar-refractivity contribution < 1.29 is 14.3 Å². The van der Waals surface area contributed by atoms with E-state index in [4.69, 9.17) is 0 Å². The van der Waals surface area contributed by atoms with Crippen LogP contribution in [-0.4, -0.2) is 78.4 Å². The lowest BCUT2D eigenvalue weighted by atomic mass is 9.98. The van der Waals surface area contributed by atoms with Crippen molar-refractivity contribution in [1.82, 2.24) is 35.5 Å². The summed E-state index contributed by atoms with van der Waals surface area (Å²) in [6.45, 7) is 18.6. The van der Waals surface area contributed by atoms with Gasteiger partial charge in [0.15, 0.2) is 0 Å². The highest BCUT2D eigenvalue weighted by Gasteiger charge is 2.25. The predicted molar refractivity (Wildman–Crippen MR) is 232 cm³/mol. The molecule has 4 N–H and O–H groups in total. The topological polar surface area (TPSA) is 128 Å². The number of fused-ring (bicyclic) bond motifs is 1. The first-order valence-electron chi connectivity index (χ1n) is 20.1. The van der Waals surface area contributed by atoms with Crippen LogP contribution in [0.1, 0.15) is 111 Å². The van der Waals surface area contributed by atoms with Gasteiger partial charge in [0.05, 0.1) is 42.4 Å². The van der Waals surface area contributed by atoms with E-state index in [2.05, 4.69) is 122 Å². The summed E-state index contributed by atoms with van der Waals surface area (Å²) >= 11 is 0. The number of imidazole rings is 2. The summed E-state index contributed by atoms with van der Waals surface area (Å²) in [6, 6.07) is 22.9. The molecule has 10 heteroatoms. The second-order valence-corrected chi connectivity index (χ2v) is 12.3. The van der Waals surface area contributed by atoms with Gasteiger partial charge in [-0.2, -0.15) is 0 Å². The normalized spacial score (nSPS) is 15.3. The number of nitrogens with zero attached hydrogens (tertiary/aromatic N) is 3. The molecule has 2 aliphatic heterocycles. The molecule has 10 nitrogen and oxygen atoms in total. The molecule has 55 heavy (non-hydrogen) atoms. The Kier molecular flexibility index (Phi) is 25.3. The van der Waals surface area contributed by atoms with Gasteiger partial charge >= 0.3 is 0 Å². The number of aromatic nitrogens is 4. The van der Waals surface area contributed by atoms with E-state index < -0.39 is 0 Å². The van der Waals surface area contributed by atoms with Crippen molar-refractivity contribution in [3.05, 3.63) is 84.7 Å². The molecule has 5 aromatic rings. The van der Waals surface area contributed by atoms with Crippen LogP contribution in [0.3, 0.4) is 0 Å². The van der Waals surface area contributed by atoms with Gasteiger partial charge in [-0.15, -0.1) is 0 Å². The van der Waals surface area contributed by atoms with E-state index in [1.165, 1.54) is 58.7 Å². The fourth-order valence-electron chi connectivity index (χ4n) is 6.02. The number of H-pyrrole nitrogens is 2. The molecule has 0 radical (unpaired) electrons. The summed E-state index contributed by atoms with van der Waals surface area (Å²) in [5, 5.41) is 8.13. The smallest absolute Gasteiger partial charge is 0.207 e. The van der Waals surface area contributed by atoms with E-state index in [0.29, 0.717) is 24.8 Å². The Bertz CT molecular complexity index is 1720. The Balaban J connectivity index is 0.000000722. The van der Waals surface area contributed by atoms with Crippen LogP contribution >= 0.6 is 0 Å². The Morgan fingerprint density at radius 3 is 1.76 bits per heavy atom. The quantitative estimate of drug-likeness (QED) is 0.0917. The largest absolute Gasteiger partial charge is 0.388 e. The van der Waals surface area contributed by atoms with Crippen molar-refractivity contribution in [1.29, 1.82) is 0 Å². The minimum Gasteiger partial charge on any atom is -0.388 e. The lowest BCUT2D eigenvalue weighted by Gasteiger charge is -2.16. The number of carbonyl (C=O) groups excluding carboxylic acids is 2. The minimum absolute atomic E-state index is 0.115. The summed E-state index contributed by atoms with van der Waals surface area (Å²) in [4.78, 5) is 37.4. The Morgan fingerprint density at radius 1 is 0.745 bits per heavy atom. The average Bonchev–Trinajstić information content (AvgIpc) is 4.09. The van der Waals surface area contributed by atoms with Gasteiger partial charge in [0, 0.05) is 19.8 Å². The molecule has 302 valence electrons. The molecule has 0 aliphatic carbocycles. The fraction of sp³-hybridized carbons (Fsp3) is 0.467. The molecular weight excluding hydrogens is 687 g/mol. The van der Waals surface area contributed by atoms with Crippen molar-refractivity contribution >= 4 is 23.5 Å². The number of nitrogens with one attached hydrogen (secondary N) is 4. The number of amides is 1. The molecule has 0 saturated carbocycles. The van der Waals surface area contributed by atoms with Gasteiger partial charge in [0.2, 0.25) is 6.41 Å². The van der Waals surface area contributed by atoms with Crippen molar-refractivity contribution in [2.24, 2.45) is 0 Å². The van der Waals surface area contributed by atoms with Crippen molar-refractivity contribution in [2.45, 2.75) is 99.6 Å². The molecular formula is C45H69N7O3. The molecule has 0 bridgehead atoms. The molecule has 3 aromatic carbocycles. The number of rotatable bonds is 8. The van der Waals surface area contributed by atoms with Crippen LogP contribution in [0.4, 0.5) is 0 Å². The molecule has 4 heterocycles. The molecule has 2 atom stereocenters. The summed E-state index contributed by atoms with van der Waals surface area (Å²) in [5.41, 5.74) is 6.93. The van der Waals surface area contributed by atoms with Gasteiger partial charge in [-0.1, -0.05) is 110 Å². The van der Waals surface area contributed by atoms with Crippen LogP contribution in [0.5, 0.6) is 0 Å². The number of benzene rings is 3. The molecule has 7 rings (SSSR count). The zero-order valence-corrected chi connectivity index (χ0v) is 35.5. The van der Waals surface area contributed by atoms with Gasteiger partial charge in [-0.05, 0) is 85.4 Å². The highest BCUT2D eigenvalue weighted by molar-refractivity contribution is 5.90. The first-order valence-corrected chi connectivity index (χ1v) is 20.1. The lowest BCUT2D eigenvalue weighted by Crippen LogP contribution is -2.18. The lowest BCUT2D eigenvalue weighted by molar-refractivity contribution is -0.113. The molecule has 2 aliphatic rings. The maximum Gasteiger partial charge on any atom is 0.207 e. The molecule has 2 saturated heterocycles. The van der Waals surface area contributed by atoms with Crippen LogP contribution < -0.4 is 10.6 Å². The van der Waals surface area contributed by atoms with E-state index in [1.807, 2.05) is 53.9 Å². The van der Waals surface area contributed by atoms with Crippen molar-refractivity contribution in [2.75, 3.05) is 40.9 Å². The summed E-state index contributed by atoms with van der Waals surface area (Å²) in [5.74, 6) is 2.12. The van der Waals surface area contributed by atoms with E-state index in [0.717, 1.165) is 42.5 Å². The van der Waals surface area contributed by atoms with Gasteiger partial charge in [0.25, 0.3) is 0 Å². The zero-order chi connectivity index (χ0) is 41.0. The first-order chi connectivity index (χ1) is 27.0. The van der Waals surface area contributed by atoms with Crippen LogP contribution in [0.25, 0.3) is 44.4 Å². The van der Waals surface area contributed by atoms with Crippen molar-refractivity contribution in [3.63, 3.8) is 0 Å². The third kappa shape index (κ3) is 15.2. The highest BCUT2D eigenvalue weighted by Crippen LogP contribution is 2.32. The van der Waals surface area contributed by atoms with Crippen LogP contribution in [0.2, 0.25) is 0 Å².